The fraction of sp³-hybridized carbons (Fsp3) is 0.421. The van der Waals surface area contributed by atoms with Crippen molar-refractivity contribution >= 4 is 23.2 Å². The van der Waals surface area contributed by atoms with Gasteiger partial charge in [-0.2, -0.15) is 13.2 Å². The Bertz CT molecular complexity index is 818. The smallest absolute Gasteiger partial charge is 0.356 e. The Kier molecular flexibility index (Phi) is 8.44. The topological polar surface area (TPSA) is 78.4 Å². The van der Waals surface area contributed by atoms with Crippen molar-refractivity contribution in [2.45, 2.75) is 25.9 Å². The predicted octanol–water partition coefficient (Wildman–Crippen LogP) is 2.86. The lowest BCUT2D eigenvalue weighted by Gasteiger charge is -2.12. The number of carbonyl (C=O) groups is 1. The molecule has 0 atom stereocenters. The number of nitrogens with one attached hydrogen (secondary N) is 3. The van der Waals surface area contributed by atoms with E-state index in [1.54, 1.807) is 18.4 Å². The molecule has 1 amide bonds. The van der Waals surface area contributed by atoms with Crippen LogP contribution >= 0.6 is 11.3 Å². The van der Waals surface area contributed by atoms with Crippen LogP contribution in [-0.4, -0.2) is 43.5 Å². The quantitative estimate of drug-likeness (QED) is 0.344. The van der Waals surface area contributed by atoms with E-state index >= 15 is 0 Å². The maximum absolute atomic E-state index is 12.6. The van der Waals surface area contributed by atoms with Crippen LogP contribution in [0.2, 0.25) is 0 Å². The van der Waals surface area contributed by atoms with Gasteiger partial charge in [-0.3, -0.25) is 9.79 Å². The lowest BCUT2D eigenvalue weighted by atomic mass is 10.1. The Morgan fingerprint density at radius 3 is 2.34 bits per heavy atom. The van der Waals surface area contributed by atoms with Gasteiger partial charge in [0.25, 0.3) is 5.91 Å². The van der Waals surface area contributed by atoms with Crippen molar-refractivity contribution in [3.63, 3.8) is 0 Å². The third kappa shape index (κ3) is 7.37. The number of nitrogens with zero attached hydrogens (tertiary/aromatic N) is 2. The van der Waals surface area contributed by atoms with E-state index < -0.39 is 17.6 Å². The molecule has 1 aromatic heterocycles. The first-order valence-corrected chi connectivity index (χ1v) is 9.98. The van der Waals surface area contributed by atoms with Gasteiger partial charge in [0, 0.05) is 49.7 Å². The molecule has 0 fully saturated rings. The van der Waals surface area contributed by atoms with Crippen LogP contribution in [0, 0.1) is 0 Å². The van der Waals surface area contributed by atoms with E-state index in [0.717, 1.165) is 42.1 Å². The number of amides is 1. The number of aryl methyl sites for hydroxylation is 1. The van der Waals surface area contributed by atoms with Gasteiger partial charge in [0.2, 0.25) is 0 Å². The molecule has 0 saturated heterocycles. The van der Waals surface area contributed by atoms with E-state index in [0.29, 0.717) is 25.6 Å². The van der Waals surface area contributed by atoms with Gasteiger partial charge >= 0.3 is 6.18 Å². The molecule has 6 nitrogen and oxygen atoms in total. The number of thiazole rings is 1. The van der Waals surface area contributed by atoms with Crippen LogP contribution in [0.1, 0.15) is 32.7 Å². The van der Waals surface area contributed by atoms with E-state index in [1.165, 1.54) is 4.88 Å². The van der Waals surface area contributed by atoms with Gasteiger partial charge in [-0.1, -0.05) is 6.92 Å². The van der Waals surface area contributed by atoms with E-state index in [9.17, 15) is 18.0 Å². The predicted molar refractivity (Wildman–Crippen MR) is 108 cm³/mol. The first kappa shape index (κ1) is 22.7. The van der Waals surface area contributed by atoms with Crippen molar-refractivity contribution in [1.82, 2.24) is 20.9 Å². The van der Waals surface area contributed by atoms with Crippen LogP contribution in [0.4, 0.5) is 13.2 Å². The Balaban J connectivity index is 1.67. The number of rotatable bonds is 8. The second-order valence-corrected chi connectivity index (χ2v) is 7.28. The number of guanidine groups is 1. The average Bonchev–Trinajstić information content (AvgIpc) is 3.17. The summed E-state index contributed by atoms with van der Waals surface area (Å²) in [7, 11) is 1.65. The molecule has 0 aliphatic rings. The fourth-order valence-corrected chi connectivity index (χ4v) is 3.27. The molecule has 1 aromatic carbocycles. The standard InChI is InChI=1S/C19H24F3N5OS/c1-3-15-12-27-16(29-15)8-9-25-18(23-2)26-11-10-24-17(28)13-4-6-14(7-5-13)19(20,21)22/h4-7,12H,3,8-11H2,1-2H3,(H,24,28)(H2,23,25,26). The van der Waals surface area contributed by atoms with Gasteiger partial charge in [-0.25, -0.2) is 4.98 Å². The summed E-state index contributed by atoms with van der Waals surface area (Å²) >= 11 is 1.70. The summed E-state index contributed by atoms with van der Waals surface area (Å²) in [6, 6.07) is 4.11. The van der Waals surface area contributed by atoms with Crippen LogP contribution in [-0.2, 0) is 19.0 Å². The highest BCUT2D eigenvalue weighted by atomic mass is 32.1. The van der Waals surface area contributed by atoms with Crippen LogP contribution in [0.3, 0.4) is 0 Å². The monoisotopic (exact) mass is 427 g/mol. The van der Waals surface area contributed by atoms with Crippen molar-refractivity contribution in [3.8, 4) is 0 Å². The SMILES string of the molecule is CCc1cnc(CCNC(=NC)NCCNC(=O)c2ccc(C(F)(F)F)cc2)s1. The molecule has 0 bridgehead atoms. The van der Waals surface area contributed by atoms with Gasteiger partial charge in [-0.05, 0) is 30.7 Å². The molecular formula is C19H24F3N5OS. The van der Waals surface area contributed by atoms with Crippen LogP contribution in [0.15, 0.2) is 35.5 Å². The largest absolute Gasteiger partial charge is 0.416 e. The number of hydrogen-bond donors (Lipinski definition) is 3. The zero-order valence-electron chi connectivity index (χ0n) is 16.3. The lowest BCUT2D eigenvalue weighted by molar-refractivity contribution is -0.137. The molecule has 10 heteroatoms. The van der Waals surface area contributed by atoms with Crippen molar-refractivity contribution in [2.75, 3.05) is 26.7 Å². The summed E-state index contributed by atoms with van der Waals surface area (Å²) in [4.78, 5) is 21.7. The van der Waals surface area contributed by atoms with E-state index in [2.05, 4.69) is 32.9 Å². The zero-order valence-corrected chi connectivity index (χ0v) is 17.1. The number of carbonyl (C=O) groups excluding carboxylic acids is 1. The minimum absolute atomic E-state index is 0.176. The number of alkyl halides is 3. The first-order chi connectivity index (χ1) is 13.8. The fourth-order valence-electron chi connectivity index (χ4n) is 2.41. The Morgan fingerprint density at radius 1 is 1.10 bits per heavy atom. The highest BCUT2D eigenvalue weighted by Crippen LogP contribution is 2.29. The van der Waals surface area contributed by atoms with Gasteiger partial charge in [-0.15, -0.1) is 11.3 Å². The highest BCUT2D eigenvalue weighted by Gasteiger charge is 2.30. The van der Waals surface area contributed by atoms with Gasteiger partial charge < -0.3 is 16.0 Å². The minimum atomic E-state index is -4.42. The lowest BCUT2D eigenvalue weighted by Crippen LogP contribution is -2.42. The molecule has 2 rings (SSSR count). The number of aliphatic imine (C=N–C) groups is 1. The second kappa shape index (κ2) is 10.8. The van der Waals surface area contributed by atoms with Crippen molar-refractivity contribution in [3.05, 3.63) is 51.5 Å². The highest BCUT2D eigenvalue weighted by molar-refractivity contribution is 7.11. The van der Waals surface area contributed by atoms with Crippen molar-refractivity contribution in [1.29, 1.82) is 0 Å². The summed E-state index contributed by atoms with van der Waals surface area (Å²) in [5, 5.41) is 9.96. The second-order valence-electron chi connectivity index (χ2n) is 6.08. The van der Waals surface area contributed by atoms with Gasteiger partial charge in [0.15, 0.2) is 5.96 Å². The first-order valence-electron chi connectivity index (χ1n) is 9.17. The number of aromatic nitrogens is 1. The third-order valence-corrected chi connectivity index (χ3v) is 5.18. The maximum Gasteiger partial charge on any atom is 0.416 e. The molecule has 158 valence electrons. The summed E-state index contributed by atoms with van der Waals surface area (Å²) in [6.07, 6.45) is -0.755. The Labute approximate surface area is 171 Å². The molecule has 29 heavy (non-hydrogen) atoms. The number of halogens is 3. The molecule has 3 N–H and O–H groups in total. The van der Waals surface area contributed by atoms with Crippen LogP contribution < -0.4 is 16.0 Å². The third-order valence-electron chi connectivity index (χ3n) is 3.98. The minimum Gasteiger partial charge on any atom is -0.356 e. The van der Waals surface area contributed by atoms with Crippen molar-refractivity contribution < 1.29 is 18.0 Å². The maximum atomic E-state index is 12.6. The molecule has 0 aliphatic heterocycles. The Hall–Kier alpha value is -2.62. The van der Waals surface area contributed by atoms with E-state index in [1.807, 2.05) is 6.20 Å². The number of benzene rings is 1. The molecule has 0 spiro atoms. The summed E-state index contributed by atoms with van der Waals surface area (Å²) < 4.78 is 37.7. The molecule has 0 unspecified atom stereocenters. The summed E-state index contributed by atoms with van der Waals surface area (Å²) in [5.74, 6) is 0.167. The van der Waals surface area contributed by atoms with Gasteiger partial charge in [0.05, 0.1) is 10.6 Å². The van der Waals surface area contributed by atoms with E-state index in [-0.39, 0.29) is 5.56 Å². The van der Waals surface area contributed by atoms with E-state index in [4.69, 9.17) is 0 Å². The normalized spacial score (nSPS) is 12.0. The molecule has 2 aromatic rings. The number of hydrogen-bond acceptors (Lipinski definition) is 4. The van der Waals surface area contributed by atoms with Gasteiger partial charge in [0.1, 0.15) is 0 Å². The zero-order chi connectivity index (χ0) is 21.3. The summed E-state index contributed by atoms with van der Waals surface area (Å²) in [6.45, 7) is 3.49. The molecule has 0 aliphatic carbocycles. The van der Waals surface area contributed by atoms with Crippen LogP contribution in [0.25, 0.3) is 0 Å². The molecule has 1 heterocycles. The molecule has 0 saturated carbocycles. The summed E-state index contributed by atoms with van der Waals surface area (Å²) in [5.41, 5.74) is -0.607. The molecule has 0 radical (unpaired) electrons. The molecular weight excluding hydrogens is 403 g/mol. The van der Waals surface area contributed by atoms with Crippen molar-refractivity contribution in [2.24, 2.45) is 4.99 Å². The average molecular weight is 427 g/mol. The Morgan fingerprint density at radius 2 is 1.76 bits per heavy atom. The van der Waals surface area contributed by atoms with Crippen LogP contribution in [0.5, 0.6) is 0 Å².